The van der Waals surface area contributed by atoms with Crippen LogP contribution < -0.4 is 0 Å². The van der Waals surface area contributed by atoms with Gasteiger partial charge < -0.3 is 0 Å². The molecule has 1 heterocycles. The smallest absolute Gasteiger partial charge is 0.262 e. The lowest BCUT2D eigenvalue weighted by Gasteiger charge is -2.06. The van der Waals surface area contributed by atoms with E-state index in [1.807, 2.05) is 0 Å². The van der Waals surface area contributed by atoms with E-state index in [0.29, 0.717) is 6.07 Å². The number of hydrogen-bond donors (Lipinski definition) is 0. The zero-order chi connectivity index (χ0) is 12.7. The van der Waals surface area contributed by atoms with Crippen molar-refractivity contribution in [2.75, 3.05) is 0 Å². The molecule has 1 aromatic heterocycles. The summed E-state index contributed by atoms with van der Waals surface area (Å²) in [6, 6.07) is 0.365. The minimum atomic E-state index is -5.26. The fourth-order valence-corrected chi connectivity index (χ4v) is 0.939. The second kappa shape index (κ2) is 3.49. The van der Waals surface area contributed by atoms with E-state index in [9.17, 15) is 31.1 Å². The van der Waals surface area contributed by atoms with E-state index in [-0.39, 0.29) is 4.68 Å². The summed E-state index contributed by atoms with van der Waals surface area (Å²) in [7, 11) is 0. The summed E-state index contributed by atoms with van der Waals surface area (Å²) in [5.41, 5.74) is -2.07. The number of nitrogens with zero attached hydrogens (tertiary/aromatic N) is 2. The van der Waals surface area contributed by atoms with Crippen LogP contribution in [0.1, 0.15) is 16.2 Å². The van der Waals surface area contributed by atoms with Gasteiger partial charge >= 0.3 is 18.3 Å². The van der Waals surface area contributed by atoms with Crippen molar-refractivity contribution in [3.8, 4) is 0 Å². The van der Waals surface area contributed by atoms with Crippen molar-refractivity contribution in [3.63, 3.8) is 0 Å². The molecule has 0 radical (unpaired) electrons. The Hall–Kier alpha value is -1.54. The molecule has 0 N–H and O–H groups in total. The summed E-state index contributed by atoms with van der Waals surface area (Å²) in [5.74, 6) is -2.46. The van der Waals surface area contributed by atoms with Crippen molar-refractivity contribution < 1.29 is 31.1 Å². The average molecular weight is 246 g/mol. The number of rotatable bonds is 0. The molecule has 0 bridgehead atoms. The molecule has 1 rings (SSSR count). The van der Waals surface area contributed by atoms with Gasteiger partial charge in [-0.25, -0.2) is 0 Å². The molecular weight excluding hydrogens is 242 g/mol. The maximum absolute atomic E-state index is 12.1. The second-order valence-corrected chi connectivity index (χ2v) is 2.88. The number of alkyl halides is 6. The second-order valence-electron chi connectivity index (χ2n) is 2.88. The third-order valence-corrected chi connectivity index (χ3v) is 1.61. The molecule has 0 aliphatic carbocycles. The molecule has 0 aliphatic heterocycles. The molecule has 0 fully saturated rings. The Bertz CT molecular complexity index is 415. The van der Waals surface area contributed by atoms with Gasteiger partial charge in [-0.2, -0.15) is 36.1 Å². The summed E-state index contributed by atoms with van der Waals surface area (Å²) in [4.78, 5) is 10.6. The van der Waals surface area contributed by atoms with Gasteiger partial charge in [0, 0.05) is 5.69 Å². The molecule has 90 valence electrons. The molecule has 0 aromatic carbocycles. The van der Waals surface area contributed by atoms with Gasteiger partial charge in [0.2, 0.25) is 0 Å². The van der Waals surface area contributed by atoms with E-state index in [4.69, 9.17) is 0 Å². The Labute approximate surface area is 84.7 Å². The zero-order valence-corrected chi connectivity index (χ0v) is 7.65. The van der Waals surface area contributed by atoms with E-state index in [1.165, 1.54) is 0 Å². The lowest BCUT2D eigenvalue weighted by Crippen LogP contribution is -2.30. The van der Waals surface area contributed by atoms with Crippen LogP contribution in [0.15, 0.2) is 6.07 Å². The van der Waals surface area contributed by atoms with Crippen LogP contribution in [0.4, 0.5) is 26.3 Å². The fraction of sp³-hybridized carbons (Fsp3) is 0.429. The van der Waals surface area contributed by atoms with Gasteiger partial charge in [-0.15, -0.1) is 0 Å². The molecule has 16 heavy (non-hydrogen) atoms. The highest BCUT2D eigenvalue weighted by Gasteiger charge is 2.43. The molecule has 0 saturated carbocycles. The van der Waals surface area contributed by atoms with Crippen molar-refractivity contribution in [3.05, 3.63) is 17.5 Å². The van der Waals surface area contributed by atoms with Crippen LogP contribution in [0.5, 0.6) is 0 Å². The SMILES string of the molecule is Cc1cc(C(F)(F)F)nn1C(=O)C(F)(F)F. The standard InChI is InChI=1S/C7H4F6N2O/c1-3-2-4(6(8,9)10)14-15(3)5(16)7(11,12)13/h2H,1H3. The van der Waals surface area contributed by atoms with Crippen molar-refractivity contribution in [2.45, 2.75) is 19.3 Å². The normalized spacial score (nSPS) is 12.9. The van der Waals surface area contributed by atoms with E-state index >= 15 is 0 Å². The number of carbonyl (C=O) groups is 1. The highest BCUT2D eigenvalue weighted by molar-refractivity contribution is 5.84. The van der Waals surface area contributed by atoms with Crippen molar-refractivity contribution in [1.29, 1.82) is 0 Å². The van der Waals surface area contributed by atoms with Gasteiger partial charge in [0.1, 0.15) is 0 Å². The quantitative estimate of drug-likeness (QED) is 0.659. The first-order valence-electron chi connectivity index (χ1n) is 3.79. The first-order valence-corrected chi connectivity index (χ1v) is 3.79. The lowest BCUT2D eigenvalue weighted by molar-refractivity contribution is -0.141. The molecule has 3 nitrogen and oxygen atoms in total. The van der Waals surface area contributed by atoms with Gasteiger partial charge in [0.15, 0.2) is 5.69 Å². The molecule has 0 amide bonds. The number of halogens is 6. The highest BCUT2D eigenvalue weighted by Crippen LogP contribution is 2.29. The average Bonchev–Trinajstić information content (AvgIpc) is 2.43. The number of aryl methyl sites for hydroxylation is 1. The van der Waals surface area contributed by atoms with Gasteiger partial charge in [-0.3, -0.25) is 4.79 Å². The van der Waals surface area contributed by atoms with Crippen molar-refractivity contribution >= 4 is 5.91 Å². The van der Waals surface area contributed by atoms with Gasteiger partial charge in [0.05, 0.1) is 0 Å². The van der Waals surface area contributed by atoms with E-state index < -0.39 is 29.6 Å². The van der Waals surface area contributed by atoms with E-state index in [2.05, 4.69) is 5.10 Å². The maximum Gasteiger partial charge on any atom is 0.473 e. The largest absolute Gasteiger partial charge is 0.473 e. The van der Waals surface area contributed by atoms with Crippen LogP contribution in [0.2, 0.25) is 0 Å². The number of hydrogen-bond acceptors (Lipinski definition) is 2. The lowest BCUT2D eigenvalue weighted by atomic mass is 10.3. The first kappa shape index (κ1) is 12.5. The molecule has 0 saturated heterocycles. The Kier molecular flexibility index (Phi) is 2.74. The predicted molar refractivity (Wildman–Crippen MR) is 38.6 cm³/mol. The Morgan fingerprint density at radius 3 is 2.06 bits per heavy atom. The van der Waals surface area contributed by atoms with E-state index in [0.717, 1.165) is 6.92 Å². The Morgan fingerprint density at radius 1 is 1.25 bits per heavy atom. The molecule has 0 unspecified atom stereocenters. The molecule has 0 spiro atoms. The van der Waals surface area contributed by atoms with Crippen molar-refractivity contribution in [2.24, 2.45) is 0 Å². The molecule has 1 aromatic rings. The molecule has 0 atom stereocenters. The van der Waals surface area contributed by atoms with Gasteiger partial charge in [-0.1, -0.05) is 0 Å². The van der Waals surface area contributed by atoms with Crippen LogP contribution in [0.25, 0.3) is 0 Å². The third kappa shape index (κ3) is 2.34. The minimum absolute atomic E-state index is 0.317. The van der Waals surface area contributed by atoms with Crippen molar-refractivity contribution in [1.82, 2.24) is 9.78 Å². The summed E-state index contributed by atoms with van der Waals surface area (Å²) >= 11 is 0. The Balaban J connectivity index is 3.18. The number of aromatic nitrogens is 2. The van der Waals surface area contributed by atoms with Gasteiger partial charge in [-0.05, 0) is 13.0 Å². The van der Waals surface area contributed by atoms with Crippen LogP contribution in [-0.4, -0.2) is 21.9 Å². The molecular formula is C7H4F6N2O. The first-order chi connectivity index (χ1) is 7.03. The minimum Gasteiger partial charge on any atom is -0.262 e. The fourth-order valence-electron chi connectivity index (χ4n) is 0.939. The summed E-state index contributed by atoms with van der Waals surface area (Å²) in [6.45, 7) is 0.923. The monoisotopic (exact) mass is 246 g/mol. The summed E-state index contributed by atoms with van der Waals surface area (Å²) < 4.78 is 71.7. The topological polar surface area (TPSA) is 34.9 Å². The summed E-state index contributed by atoms with van der Waals surface area (Å²) in [5, 5.41) is 2.57. The third-order valence-electron chi connectivity index (χ3n) is 1.61. The molecule has 0 aliphatic rings. The van der Waals surface area contributed by atoms with E-state index in [1.54, 1.807) is 0 Å². The van der Waals surface area contributed by atoms with Crippen LogP contribution >= 0.6 is 0 Å². The van der Waals surface area contributed by atoms with Crippen LogP contribution in [0, 0.1) is 6.92 Å². The van der Waals surface area contributed by atoms with Crippen LogP contribution in [-0.2, 0) is 6.18 Å². The zero-order valence-electron chi connectivity index (χ0n) is 7.65. The predicted octanol–water partition coefficient (Wildman–Crippen LogP) is 2.41. The summed E-state index contributed by atoms with van der Waals surface area (Å²) in [6.07, 6.45) is -10.2. The highest BCUT2D eigenvalue weighted by atomic mass is 19.4. The maximum atomic E-state index is 12.1. The molecule has 9 heteroatoms. The van der Waals surface area contributed by atoms with Crippen LogP contribution in [0.3, 0.4) is 0 Å². The Morgan fingerprint density at radius 2 is 1.75 bits per heavy atom. The number of carbonyl (C=O) groups excluding carboxylic acids is 1. The van der Waals surface area contributed by atoms with Gasteiger partial charge in [0.25, 0.3) is 0 Å².